The van der Waals surface area contributed by atoms with Crippen molar-refractivity contribution >= 4 is 11.6 Å². The Labute approximate surface area is 133 Å². The van der Waals surface area contributed by atoms with Gasteiger partial charge in [-0.2, -0.15) is 0 Å². The molecule has 1 aromatic rings. The van der Waals surface area contributed by atoms with Gasteiger partial charge in [0.15, 0.2) is 0 Å². The third-order valence-electron chi connectivity index (χ3n) is 4.79. The Balaban J connectivity index is 1.69. The van der Waals surface area contributed by atoms with Crippen molar-refractivity contribution in [1.82, 2.24) is 10.2 Å². The smallest absolute Gasteiger partial charge is 0.0451 e. The van der Waals surface area contributed by atoms with Crippen LogP contribution in [0.15, 0.2) is 24.3 Å². The number of nitrogens with one attached hydrogen (secondary N) is 1. The Morgan fingerprint density at radius 1 is 1.29 bits per heavy atom. The van der Waals surface area contributed by atoms with E-state index in [9.17, 15) is 0 Å². The molecule has 116 valence electrons. The predicted molar refractivity (Wildman–Crippen MR) is 89.6 cm³/mol. The van der Waals surface area contributed by atoms with Crippen molar-refractivity contribution in [2.45, 2.75) is 51.7 Å². The molecule has 3 rings (SSSR count). The standard InChI is InChI=1S/C18H27ClN2/c1-13(2)9-16-12-21(18(10-20-16)14-7-8-14)11-15-5-3-4-6-17(15)19/h3-6,13-14,16,18,20H,7-12H2,1-2H3. The lowest BCUT2D eigenvalue weighted by atomic mass is 9.97. The van der Waals surface area contributed by atoms with E-state index in [-0.39, 0.29) is 0 Å². The first-order valence-corrected chi connectivity index (χ1v) is 8.72. The highest BCUT2D eigenvalue weighted by atomic mass is 35.5. The second-order valence-corrected chi connectivity index (χ2v) is 7.57. The zero-order valence-corrected chi connectivity index (χ0v) is 13.9. The molecule has 0 radical (unpaired) electrons. The minimum Gasteiger partial charge on any atom is -0.311 e. The molecule has 3 heteroatoms. The number of piperazine rings is 1. The van der Waals surface area contributed by atoms with E-state index in [1.165, 1.54) is 24.8 Å². The van der Waals surface area contributed by atoms with Crippen molar-refractivity contribution in [2.75, 3.05) is 13.1 Å². The Hall–Kier alpha value is -0.570. The summed E-state index contributed by atoms with van der Waals surface area (Å²) >= 11 is 6.36. The second kappa shape index (κ2) is 6.68. The normalized spacial score (nSPS) is 27.2. The molecule has 2 fully saturated rings. The van der Waals surface area contributed by atoms with Crippen LogP contribution in [0.5, 0.6) is 0 Å². The van der Waals surface area contributed by atoms with Crippen molar-refractivity contribution < 1.29 is 0 Å². The molecule has 21 heavy (non-hydrogen) atoms. The van der Waals surface area contributed by atoms with Gasteiger partial charge in [-0.15, -0.1) is 0 Å². The molecule has 0 spiro atoms. The summed E-state index contributed by atoms with van der Waals surface area (Å²) in [5, 5.41) is 4.69. The van der Waals surface area contributed by atoms with Gasteiger partial charge in [0, 0.05) is 36.7 Å². The van der Waals surface area contributed by atoms with Crippen molar-refractivity contribution in [1.29, 1.82) is 0 Å². The highest BCUT2D eigenvalue weighted by molar-refractivity contribution is 6.31. The number of nitrogens with zero attached hydrogens (tertiary/aromatic N) is 1. The van der Waals surface area contributed by atoms with E-state index < -0.39 is 0 Å². The van der Waals surface area contributed by atoms with Gasteiger partial charge >= 0.3 is 0 Å². The highest BCUT2D eigenvalue weighted by Gasteiger charge is 2.38. The fraction of sp³-hybridized carbons (Fsp3) is 0.667. The van der Waals surface area contributed by atoms with E-state index in [0.717, 1.165) is 36.5 Å². The fourth-order valence-electron chi connectivity index (χ4n) is 3.60. The molecule has 1 aromatic carbocycles. The third-order valence-corrected chi connectivity index (χ3v) is 5.16. The first-order chi connectivity index (χ1) is 10.1. The van der Waals surface area contributed by atoms with Crippen LogP contribution in [0.2, 0.25) is 5.02 Å². The average Bonchev–Trinajstić information content (AvgIpc) is 3.25. The molecule has 2 nitrogen and oxygen atoms in total. The summed E-state index contributed by atoms with van der Waals surface area (Å²) in [7, 11) is 0. The van der Waals surface area contributed by atoms with E-state index in [1.54, 1.807) is 0 Å². The molecule has 1 aliphatic heterocycles. The molecule has 2 atom stereocenters. The largest absolute Gasteiger partial charge is 0.311 e. The summed E-state index contributed by atoms with van der Waals surface area (Å²) in [4.78, 5) is 2.68. The third kappa shape index (κ3) is 4.00. The van der Waals surface area contributed by atoms with Crippen molar-refractivity contribution in [2.24, 2.45) is 11.8 Å². The van der Waals surface area contributed by atoms with Gasteiger partial charge in [-0.25, -0.2) is 0 Å². The monoisotopic (exact) mass is 306 g/mol. The van der Waals surface area contributed by atoms with Crippen LogP contribution in [-0.2, 0) is 6.54 Å². The Morgan fingerprint density at radius 3 is 2.71 bits per heavy atom. The lowest BCUT2D eigenvalue weighted by Crippen LogP contribution is -2.57. The van der Waals surface area contributed by atoms with Crippen LogP contribution in [0.3, 0.4) is 0 Å². The molecule has 1 saturated carbocycles. The number of benzene rings is 1. The van der Waals surface area contributed by atoms with Gasteiger partial charge in [0.25, 0.3) is 0 Å². The van der Waals surface area contributed by atoms with Gasteiger partial charge in [-0.1, -0.05) is 43.6 Å². The fourth-order valence-corrected chi connectivity index (χ4v) is 3.79. The first kappa shape index (κ1) is 15.3. The summed E-state index contributed by atoms with van der Waals surface area (Å²) in [5.74, 6) is 1.65. The molecule has 0 amide bonds. The maximum absolute atomic E-state index is 6.36. The minimum atomic E-state index is 0.627. The number of hydrogen-bond donors (Lipinski definition) is 1. The van der Waals surface area contributed by atoms with Crippen LogP contribution >= 0.6 is 11.6 Å². The molecule has 2 unspecified atom stereocenters. The zero-order valence-electron chi connectivity index (χ0n) is 13.2. The molecule has 1 aliphatic carbocycles. The van der Waals surface area contributed by atoms with Gasteiger partial charge in [-0.3, -0.25) is 4.90 Å². The molecule has 0 bridgehead atoms. The average molecular weight is 307 g/mol. The molecular weight excluding hydrogens is 280 g/mol. The van der Waals surface area contributed by atoms with Gasteiger partial charge < -0.3 is 5.32 Å². The summed E-state index contributed by atoms with van der Waals surface area (Å²) in [6.07, 6.45) is 4.07. The van der Waals surface area contributed by atoms with Gasteiger partial charge in [0.1, 0.15) is 0 Å². The topological polar surface area (TPSA) is 15.3 Å². The summed E-state index contributed by atoms with van der Waals surface area (Å²) in [6, 6.07) is 9.62. The van der Waals surface area contributed by atoms with Crippen LogP contribution in [0.1, 0.15) is 38.7 Å². The van der Waals surface area contributed by atoms with Crippen LogP contribution in [-0.4, -0.2) is 30.1 Å². The predicted octanol–water partition coefficient (Wildman–Crippen LogP) is 3.94. The zero-order chi connectivity index (χ0) is 14.8. The van der Waals surface area contributed by atoms with E-state index in [2.05, 4.69) is 36.2 Å². The van der Waals surface area contributed by atoms with Crippen molar-refractivity contribution in [3.8, 4) is 0 Å². The minimum absolute atomic E-state index is 0.627. The summed E-state index contributed by atoms with van der Waals surface area (Å²) < 4.78 is 0. The Kier molecular flexibility index (Phi) is 4.88. The van der Waals surface area contributed by atoms with Crippen molar-refractivity contribution in [3.63, 3.8) is 0 Å². The maximum Gasteiger partial charge on any atom is 0.0451 e. The Bertz CT molecular complexity index is 470. The highest BCUT2D eigenvalue weighted by Crippen LogP contribution is 2.37. The maximum atomic E-state index is 6.36. The van der Waals surface area contributed by atoms with Gasteiger partial charge in [0.2, 0.25) is 0 Å². The lowest BCUT2D eigenvalue weighted by molar-refractivity contribution is 0.100. The van der Waals surface area contributed by atoms with Crippen LogP contribution in [0.25, 0.3) is 0 Å². The molecular formula is C18H27ClN2. The number of halogens is 1. The van der Waals surface area contributed by atoms with Gasteiger partial charge in [0.05, 0.1) is 0 Å². The van der Waals surface area contributed by atoms with E-state index in [4.69, 9.17) is 11.6 Å². The Morgan fingerprint density at radius 2 is 2.05 bits per heavy atom. The first-order valence-electron chi connectivity index (χ1n) is 8.34. The lowest BCUT2D eigenvalue weighted by Gasteiger charge is -2.41. The van der Waals surface area contributed by atoms with Crippen LogP contribution < -0.4 is 5.32 Å². The molecule has 1 N–H and O–H groups in total. The van der Waals surface area contributed by atoms with Crippen molar-refractivity contribution in [3.05, 3.63) is 34.9 Å². The second-order valence-electron chi connectivity index (χ2n) is 7.16. The van der Waals surface area contributed by atoms with E-state index in [0.29, 0.717) is 12.1 Å². The van der Waals surface area contributed by atoms with E-state index in [1.807, 2.05) is 12.1 Å². The molecule has 0 aromatic heterocycles. The van der Waals surface area contributed by atoms with Crippen LogP contribution in [0, 0.1) is 11.8 Å². The molecule has 1 saturated heterocycles. The number of rotatable bonds is 5. The molecule has 2 aliphatic rings. The SMILES string of the molecule is CC(C)CC1CN(Cc2ccccc2Cl)C(C2CC2)CN1. The summed E-state index contributed by atoms with van der Waals surface area (Å²) in [6.45, 7) is 7.92. The van der Waals surface area contributed by atoms with Crippen LogP contribution in [0.4, 0.5) is 0 Å². The molecule has 1 heterocycles. The van der Waals surface area contributed by atoms with E-state index >= 15 is 0 Å². The summed E-state index contributed by atoms with van der Waals surface area (Å²) in [5.41, 5.74) is 1.27. The quantitative estimate of drug-likeness (QED) is 0.886. The van der Waals surface area contributed by atoms with Gasteiger partial charge in [-0.05, 0) is 42.7 Å². The number of hydrogen-bond acceptors (Lipinski definition) is 2.